The molecule has 0 bridgehead atoms. The molecule has 2 fully saturated rings. The van der Waals surface area contributed by atoms with E-state index >= 15 is 0 Å². The molecular weight excluding hydrogens is 342 g/mol. The molecular formula is C14H25NO10. The summed E-state index contributed by atoms with van der Waals surface area (Å²) in [6.07, 6.45) is -12.5. The maximum Gasteiger partial charge on any atom is 0.217 e. The van der Waals surface area contributed by atoms with Crippen LogP contribution in [0.25, 0.3) is 0 Å². The Morgan fingerprint density at radius 2 is 1.68 bits per heavy atom. The first-order valence-electron chi connectivity index (χ1n) is 7.92. The Morgan fingerprint density at radius 1 is 1.04 bits per heavy atom. The van der Waals surface area contributed by atoms with Gasteiger partial charge in [0.2, 0.25) is 5.91 Å². The van der Waals surface area contributed by atoms with Gasteiger partial charge in [0.05, 0.1) is 12.7 Å². The molecule has 6 unspecified atom stereocenters. The fourth-order valence-electron chi connectivity index (χ4n) is 2.91. The van der Waals surface area contributed by atoms with E-state index < -0.39 is 73.9 Å². The van der Waals surface area contributed by atoms with E-state index in [1.54, 1.807) is 0 Å². The number of carbonyl (C=O) groups excluding carboxylic acids is 1. The third-order valence-corrected chi connectivity index (χ3v) is 4.34. The van der Waals surface area contributed by atoms with Crippen molar-refractivity contribution >= 4 is 5.91 Å². The molecule has 0 aliphatic carbocycles. The number of carbonyl (C=O) groups is 1. The van der Waals surface area contributed by atoms with Gasteiger partial charge in [0.15, 0.2) is 12.6 Å². The first-order chi connectivity index (χ1) is 11.7. The second-order valence-electron chi connectivity index (χ2n) is 6.25. The van der Waals surface area contributed by atoms with E-state index in [0.717, 1.165) is 0 Å². The molecule has 2 saturated heterocycles. The summed E-state index contributed by atoms with van der Waals surface area (Å²) in [5, 5.41) is 61.5. The number of aliphatic hydroxyl groups is 6. The molecule has 1 amide bonds. The highest BCUT2D eigenvalue weighted by Gasteiger charge is 2.50. The van der Waals surface area contributed by atoms with Crippen LogP contribution >= 0.6 is 0 Å². The monoisotopic (exact) mass is 367 g/mol. The van der Waals surface area contributed by atoms with Crippen molar-refractivity contribution in [3.05, 3.63) is 0 Å². The second kappa shape index (κ2) is 8.20. The number of hydrogen-bond donors (Lipinski definition) is 7. The van der Waals surface area contributed by atoms with Gasteiger partial charge in [0.25, 0.3) is 0 Å². The molecule has 0 spiro atoms. The van der Waals surface area contributed by atoms with E-state index in [9.17, 15) is 35.4 Å². The van der Waals surface area contributed by atoms with Crippen molar-refractivity contribution in [1.29, 1.82) is 0 Å². The molecule has 0 saturated carbocycles. The van der Waals surface area contributed by atoms with Crippen LogP contribution in [0.1, 0.15) is 13.8 Å². The molecule has 2 aliphatic heterocycles. The molecule has 0 radical (unpaired) electrons. The molecule has 11 heteroatoms. The van der Waals surface area contributed by atoms with E-state index in [0.29, 0.717) is 0 Å². The predicted octanol–water partition coefficient (Wildman–Crippen LogP) is -4.23. The van der Waals surface area contributed by atoms with E-state index in [-0.39, 0.29) is 0 Å². The zero-order valence-electron chi connectivity index (χ0n) is 13.8. The van der Waals surface area contributed by atoms with Crippen LogP contribution in [0.15, 0.2) is 0 Å². The van der Waals surface area contributed by atoms with Gasteiger partial charge in [-0.3, -0.25) is 4.79 Å². The molecule has 25 heavy (non-hydrogen) atoms. The van der Waals surface area contributed by atoms with E-state index in [1.165, 1.54) is 13.8 Å². The molecule has 10 atom stereocenters. The Balaban J connectivity index is 2.19. The lowest BCUT2D eigenvalue weighted by Crippen LogP contribution is -2.66. The number of ether oxygens (including phenoxy) is 3. The summed E-state index contributed by atoms with van der Waals surface area (Å²) in [5.74, 6) is -0.517. The highest BCUT2D eigenvalue weighted by Crippen LogP contribution is 2.28. The molecule has 7 N–H and O–H groups in total. The maximum absolute atomic E-state index is 11.3. The largest absolute Gasteiger partial charge is 0.394 e. The van der Waals surface area contributed by atoms with Crippen LogP contribution < -0.4 is 5.32 Å². The normalized spacial score (nSPS) is 48.2. The lowest BCUT2D eigenvalue weighted by molar-refractivity contribution is -0.339. The average Bonchev–Trinajstić information content (AvgIpc) is 2.55. The fourth-order valence-corrected chi connectivity index (χ4v) is 2.91. The fraction of sp³-hybridized carbons (Fsp3) is 0.929. The van der Waals surface area contributed by atoms with Crippen LogP contribution in [0.5, 0.6) is 0 Å². The van der Waals surface area contributed by atoms with Crippen molar-refractivity contribution < 1.29 is 49.6 Å². The van der Waals surface area contributed by atoms with Crippen LogP contribution in [0, 0.1) is 0 Å². The zero-order chi connectivity index (χ0) is 18.9. The molecule has 146 valence electrons. The smallest absolute Gasteiger partial charge is 0.217 e. The quantitative estimate of drug-likeness (QED) is 0.257. The number of amides is 1. The highest BCUT2D eigenvalue weighted by atomic mass is 16.7. The van der Waals surface area contributed by atoms with Crippen molar-refractivity contribution in [2.24, 2.45) is 0 Å². The molecule has 11 nitrogen and oxygen atoms in total. The minimum atomic E-state index is -1.68. The Morgan fingerprint density at radius 3 is 2.24 bits per heavy atom. The zero-order valence-corrected chi connectivity index (χ0v) is 13.8. The third kappa shape index (κ3) is 4.27. The summed E-state index contributed by atoms with van der Waals surface area (Å²) < 4.78 is 15.8. The predicted molar refractivity (Wildman–Crippen MR) is 78.8 cm³/mol. The molecule has 0 aromatic carbocycles. The van der Waals surface area contributed by atoms with Gasteiger partial charge in [-0.1, -0.05) is 0 Å². The van der Waals surface area contributed by atoms with Crippen molar-refractivity contribution in [2.45, 2.75) is 75.2 Å². The van der Waals surface area contributed by atoms with Gasteiger partial charge in [0.1, 0.15) is 42.7 Å². The Kier molecular flexibility index (Phi) is 6.70. The van der Waals surface area contributed by atoms with Gasteiger partial charge < -0.3 is 50.2 Å². The molecule has 0 aromatic rings. The van der Waals surface area contributed by atoms with Gasteiger partial charge in [-0.15, -0.1) is 0 Å². The van der Waals surface area contributed by atoms with Crippen LogP contribution in [-0.2, 0) is 19.0 Å². The van der Waals surface area contributed by atoms with Crippen molar-refractivity contribution in [3.8, 4) is 0 Å². The summed E-state index contributed by atoms with van der Waals surface area (Å²) in [4.78, 5) is 11.3. The number of nitrogens with one attached hydrogen (secondary N) is 1. The summed E-state index contributed by atoms with van der Waals surface area (Å²) in [5.41, 5.74) is 0. The van der Waals surface area contributed by atoms with Crippen LogP contribution in [0.3, 0.4) is 0 Å². The lowest BCUT2D eigenvalue weighted by atomic mass is 9.96. The van der Waals surface area contributed by atoms with Crippen molar-refractivity contribution in [2.75, 3.05) is 6.61 Å². The van der Waals surface area contributed by atoms with E-state index in [1.807, 2.05) is 0 Å². The summed E-state index contributed by atoms with van der Waals surface area (Å²) in [7, 11) is 0. The summed E-state index contributed by atoms with van der Waals surface area (Å²) in [6, 6.07) is -1.17. The minimum absolute atomic E-state index is 0.517. The average molecular weight is 367 g/mol. The first-order valence-corrected chi connectivity index (χ1v) is 7.92. The Bertz CT molecular complexity index is 463. The molecule has 2 heterocycles. The third-order valence-electron chi connectivity index (χ3n) is 4.34. The van der Waals surface area contributed by atoms with E-state index in [4.69, 9.17) is 14.2 Å². The van der Waals surface area contributed by atoms with Crippen LogP contribution in [0.4, 0.5) is 0 Å². The minimum Gasteiger partial charge on any atom is -0.394 e. The highest BCUT2D eigenvalue weighted by molar-refractivity contribution is 5.73. The van der Waals surface area contributed by atoms with Crippen LogP contribution in [-0.4, -0.2) is 105 Å². The van der Waals surface area contributed by atoms with Crippen molar-refractivity contribution in [3.63, 3.8) is 0 Å². The Labute approximate surface area is 143 Å². The topological polar surface area (TPSA) is 178 Å². The summed E-state index contributed by atoms with van der Waals surface area (Å²) >= 11 is 0. The molecule has 2 aliphatic rings. The lowest BCUT2D eigenvalue weighted by Gasteiger charge is -2.46. The summed E-state index contributed by atoms with van der Waals surface area (Å²) in [6.45, 7) is 2.03. The first kappa shape index (κ1) is 20.4. The SMILES string of the molecule is CC(=O)NC1C(O[C@@H]2OC(CO)[C@H](O)C(O)C2O)[C@@H](O)C(C)O[C@H]1O. The van der Waals surface area contributed by atoms with Gasteiger partial charge in [-0.2, -0.15) is 0 Å². The number of rotatable bonds is 4. The second-order valence-corrected chi connectivity index (χ2v) is 6.25. The molecule has 2 rings (SSSR count). The van der Waals surface area contributed by atoms with Gasteiger partial charge in [-0.25, -0.2) is 0 Å². The molecule has 0 aromatic heterocycles. The number of hydrogen-bond acceptors (Lipinski definition) is 10. The standard InChI is InChI=1S/C14H25NO10/c1-4-8(18)12(7(13(22)23-4)15-5(2)17)25-14-11(21)10(20)9(19)6(3-16)24-14/h4,6-14,16,18-22H,3H2,1-2H3,(H,15,17)/t4?,6?,7?,8-,9-,10?,11?,12?,13+,14-/m0/s1. The van der Waals surface area contributed by atoms with Gasteiger partial charge in [-0.05, 0) is 6.92 Å². The van der Waals surface area contributed by atoms with Crippen molar-refractivity contribution in [1.82, 2.24) is 5.32 Å². The van der Waals surface area contributed by atoms with Crippen LogP contribution in [0.2, 0.25) is 0 Å². The van der Waals surface area contributed by atoms with Gasteiger partial charge >= 0.3 is 0 Å². The van der Waals surface area contributed by atoms with E-state index in [2.05, 4.69) is 5.32 Å². The number of aliphatic hydroxyl groups excluding tert-OH is 6. The maximum atomic E-state index is 11.3. The van der Waals surface area contributed by atoms with Gasteiger partial charge in [0, 0.05) is 6.92 Å². The Hall–Kier alpha value is -0.890.